The van der Waals surface area contributed by atoms with Gasteiger partial charge in [0.25, 0.3) is 5.91 Å². The Labute approximate surface area is 151 Å². The number of nitrogens with two attached hydrogens (primary N) is 1. The number of hydrogen-bond acceptors (Lipinski definition) is 5. The molecule has 0 saturated heterocycles. The number of rotatable bonds is 7. The van der Waals surface area contributed by atoms with Crippen molar-refractivity contribution in [1.82, 2.24) is 5.32 Å². The zero-order valence-corrected chi connectivity index (χ0v) is 14.6. The first kappa shape index (κ1) is 19.2. The SMILES string of the molecule is CC(C)[C@H](N)C(=O)NCC(=O)Nc1ccc(NC(=O)c2ccco2)cc1. The predicted octanol–water partition coefficient (Wildman–Crippen LogP) is 1.57. The third-order valence-corrected chi connectivity index (χ3v) is 3.62. The van der Waals surface area contributed by atoms with Crippen LogP contribution in [0.25, 0.3) is 0 Å². The van der Waals surface area contributed by atoms with E-state index in [0.717, 1.165) is 0 Å². The van der Waals surface area contributed by atoms with Crippen LogP contribution in [0.15, 0.2) is 47.1 Å². The molecule has 8 nitrogen and oxygen atoms in total. The fourth-order valence-electron chi connectivity index (χ4n) is 2.03. The van der Waals surface area contributed by atoms with E-state index in [9.17, 15) is 14.4 Å². The number of anilines is 2. The minimum Gasteiger partial charge on any atom is -0.459 e. The van der Waals surface area contributed by atoms with Crippen molar-refractivity contribution in [2.75, 3.05) is 17.2 Å². The first-order valence-corrected chi connectivity index (χ1v) is 8.15. The fraction of sp³-hybridized carbons (Fsp3) is 0.278. The molecule has 138 valence electrons. The molecule has 0 aliphatic carbocycles. The van der Waals surface area contributed by atoms with Gasteiger partial charge in [0.1, 0.15) is 0 Å². The summed E-state index contributed by atoms with van der Waals surface area (Å²) in [6, 6.07) is 9.09. The summed E-state index contributed by atoms with van der Waals surface area (Å²) in [6.07, 6.45) is 1.42. The summed E-state index contributed by atoms with van der Waals surface area (Å²) in [6.45, 7) is 3.49. The van der Waals surface area contributed by atoms with E-state index in [1.54, 1.807) is 36.4 Å². The van der Waals surface area contributed by atoms with E-state index >= 15 is 0 Å². The lowest BCUT2D eigenvalue weighted by Gasteiger charge is -2.15. The summed E-state index contributed by atoms with van der Waals surface area (Å²) in [7, 11) is 0. The van der Waals surface area contributed by atoms with Crippen LogP contribution in [0.3, 0.4) is 0 Å². The fourth-order valence-corrected chi connectivity index (χ4v) is 2.03. The van der Waals surface area contributed by atoms with Crippen LogP contribution < -0.4 is 21.7 Å². The summed E-state index contributed by atoms with van der Waals surface area (Å²) >= 11 is 0. The molecule has 3 amide bonds. The highest BCUT2D eigenvalue weighted by Crippen LogP contribution is 2.14. The number of hydrogen-bond donors (Lipinski definition) is 4. The Morgan fingerprint density at radius 1 is 1.04 bits per heavy atom. The summed E-state index contributed by atoms with van der Waals surface area (Å²) in [4.78, 5) is 35.5. The average Bonchev–Trinajstić information content (AvgIpc) is 3.15. The van der Waals surface area contributed by atoms with Crippen LogP contribution in [0.1, 0.15) is 24.4 Å². The van der Waals surface area contributed by atoms with Gasteiger partial charge in [-0.2, -0.15) is 0 Å². The minimum atomic E-state index is -0.653. The van der Waals surface area contributed by atoms with Crippen molar-refractivity contribution in [3.8, 4) is 0 Å². The molecule has 1 aromatic heterocycles. The monoisotopic (exact) mass is 358 g/mol. The highest BCUT2D eigenvalue weighted by atomic mass is 16.3. The van der Waals surface area contributed by atoms with E-state index < -0.39 is 6.04 Å². The van der Waals surface area contributed by atoms with Gasteiger partial charge in [-0.15, -0.1) is 0 Å². The smallest absolute Gasteiger partial charge is 0.291 e. The molecule has 1 aromatic carbocycles. The van der Waals surface area contributed by atoms with Crippen molar-refractivity contribution in [3.05, 3.63) is 48.4 Å². The van der Waals surface area contributed by atoms with Crippen molar-refractivity contribution >= 4 is 29.1 Å². The highest BCUT2D eigenvalue weighted by molar-refractivity contribution is 6.02. The number of amides is 3. The minimum absolute atomic E-state index is 0.0120. The Kier molecular flexibility index (Phi) is 6.51. The number of benzene rings is 1. The summed E-state index contributed by atoms with van der Waals surface area (Å²) in [5.41, 5.74) is 6.80. The molecule has 8 heteroatoms. The van der Waals surface area contributed by atoms with Gasteiger partial charge in [0.2, 0.25) is 11.8 Å². The molecule has 5 N–H and O–H groups in total. The number of furan rings is 1. The van der Waals surface area contributed by atoms with E-state index in [1.807, 2.05) is 13.8 Å². The van der Waals surface area contributed by atoms with Gasteiger partial charge in [0, 0.05) is 11.4 Å². The summed E-state index contributed by atoms with van der Waals surface area (Å²) < 4.78 is 5.01. The van der Waals surface area contributed by atoms with Gasteiger partial charge in [-0.1, -0.05) is 13.8 Å². The normalized spacial score (nSPS) is 11.7. The van der Waals surface area contributed by atoms with E-state index in [4.69, 9.17) is 10.2 Å². The maximum absolute atomic E-state index is 11.9. The van der Waals surface area contributed by atoms with Crippen LogP contribution in [0, 0.1) is 5.92 Å². The molecule has 0 spiro atoms. The largest absolute Gasteiger partial charge is 0.459 e. The predicted molar refractivity (Wildman–Crippen MR) is 97.6 cm³/mol. The molecule has 2 rings (SSSR count). The lowest BCUT2D eigenvalue weighted by atomic mass is 10.1. The van der Waals surface area contributed by atoms with Crippen molar-refractivity contribution in [1.29, 1.82) is 0 Å². The average molecular weight is 358 g/mol. The van der Waals surface area contributed by atoms with E-state index in [0.29, 0.717) is 11.4 Å². The van der Waals surface area contributed by atoms with Gasteiger partial charge in [-0.05, 0) is 42.3 Å². The van der Waals surface area contributed by atoms with Gasteiger partial charge in [-0.3, -0.25) is 14.4 Å². The van der Waals surface area contributed by atoms with E-state index in [1.165, 1.54) is 6.26 Å². The van der Waals surface area contributed by atoms with Crippen molar-refractivity contribution in [3.63, 3.8) is 0 Å². The first-order chi connectivity index (χ1) is 12.4. The van der Waals surface area contributed by atoms with Gasteiger partial charge in [-0.25, -0.2) is 0 Å². The standard InChI is InChI=1S/C18H22N4O4/c1-11(2)16(19)18(25)20-10-15(23)21-12-5-7-13(8-6-12)22-17(24)14-4-3-9-26-14/h3-9,11,16H,10,19H2,1-2H3,(H,20,25)(H,21,23)(H,22,24)/t16-/m0/s1. The summed E-state index contributed by atoms with van der Waals surface area (Å²) in [5.74, 6) is -0.913. The van der Waals surface area contributed by atoms with Crippen LogP contribution in [0.4, 0.5) is 11.4 Å². The molecule has 0 fully saturated rings. The zero-order chi connectivity index (χ0) is 19.1. The van der Waals surface area contributed by atoms with Crippen LogP contribution in [0.5, 0.6) is 0 Å². The second-order valence-electron chi connectivity index (χ2n) is 6.04. The third-order valence-electron chi connectivity index (χ3n) is 3.62. The van der Waals surface area contributed by atoms with Crippen molar-refractivity contribution in [2.24, 2.45) is 11.7 Å². The molecule has 0 bridgehead atoms. The van der Waals surface area contributed by atoms with Crippen LogP contribution in [0.2, 0.25) is 0 Å². The lowest BCUT2D eigenvalue weighted by molar-refractivity contribution is -0.125. The van der Waals surface area contributed by atoms with Crippen molar-refractivity contribution < 1.29 is 18.8 Å². The van der Waals surface area contributed by atoms with Gasteiger partial charge in [0.15, 0.2) is 5.76 Å². The second kappa shape index (κ2) is 8.82. The molecule has 1 atom stereocenters. The van der Waals surface area contributed by atoms with Gasteiger partial charge >= 0.3 is 0 Å². The van der Waals surface area contributed by atoms with Crippen LogP contribution in [-0.4, -0.2) is 30.3 Å². The second-order valence-corrected chi connectivity index (χ2v) is 6.04. The molecule has 26 heavy (non-hydrogen) atoms. The van der Waals surface area contributed by atoms with E-state index in [2.05, 4.69) is 16.0 Å². The van der Waals surface area contributed by atoms with Crippen molar-refractivity contribution in [2.45, 2.75) is 19.9 Å². The molecule has 0 radical (unpaired) electrons. The third kappa shape index (κ3) is 5.45. The summed E-state index contributed by atoms with van der Waals surface area (Å²) in [5, 5.41) is 7.81. The Bertz CT molecular complexity index is 754. The molecule has 2 aromatic rings. The number of nitrogens with one attached hydrogen (secondary N) is 3. The molecule has 0 aliphatic rings. The van der Waals surface area contributed by atoms with Gasteiger partial charge < -0.3 is 26.1 Å². The Morgan fingerprint density at radius 2 is 1.65 bits per heavy atom. The van der Waals surface area contributed by atoms with Crippen LogP contribution in [-0.2, 0) is 9.59 Å². The molecule has 1 heterocycles. The Hall–Kier alpha value is -3.13. The maximum atomic E-state index is 11.9. The highest BCUT2D eigenvalue weighted by Gasteiger charge is 2.17. The lowest BCUT2D eigenvalue weighted by Crippen LogP contribution is -2.46. The van der Waals surface area contributed by atoms with E-state index in [-0.39, 0.29) is 35.9 Å². The maximum Gasteiger partial charge on any atom is 0.291 e. The Balaban J connectivity index is 1.82. The zero-order valence-electron chi connectivity index (χ0n) is 14.6. The quantitative estimate of drug-likeness (QED) is 0.597. The number of carbonyl (C=O) groups excluding carboxylic acids is 3. The first-order valence-electron chi connectivity index (χ1n) is 8.15. The molecule has 0 unspecified atom stereocenters. The van der Waals surface area contributed by atoms with Gasteiger partial charge in [0.05, 0.1) is 18.8 Å². The number of carbonyl (C=O) groups is 3. The topological polar surface area (TPSA) is 126 Å². The molecule has 0 saturated carbocycles. The van der Waals surface area contributed by atoms with Crippen LogP contribution >= 0.6 is 0 Å². The molecular formula is C18H22N4O4. The Morgan fingerprint density at radius 3 is 2.19 bits per heavy atom. The molecule has 0 aliphatic heterocycles. The molecular weight excluding hydrogens is 336 g/mol.